The van der Waals surface area contributed by atoms with Crippen molar-refractivity contribution in [1.29, 1.82) is 0 Å². The molecule has 1 fully saturated rings. The van der Waals surface area contributed by atoms with Crippen molar-refractivity contribution >= 4 is 75.9 Å². The maximum Gasteiger partial charge on any atom is 0.330 e. The lowest BCUT2D eigenvalue weighted by Gasteiger charge is -2.54. The highest BCUT2D eigenvalue weighted by molar-refractivity contribution is 6.36. The molecule has 4 aliphatic rings. The van der Waals surface area contributed by atoms with Crippen LogP contribution in [-0.2, 0) is 33.7 Å². The molecule has 2 N–H and O–H groups in total. The third-order valence-electron chi connectivity index (χ3n) is 8.65. The average Bonchev–Trinajstić information content (AvgIpc) is 3.28. The highest BCUT2D eigenvalue weighted by atomic mass is 35.5. The maximum absolute atomic E-state index is 14.3. The lowest BCUT2D eigenvalue weighted by Crippen LogP contribution is -2.57. The molecule has 0 spiro atoms. The van der Waals surface area contributed by atoms with Crippen LogP contribution in [0.25, 0.3) is 0 Å². The predicted octanol–water partition coefficient (Wildman–Crippen LogP) is 4.90. The number of imide groups is 1. The summed E-state index contributed by atoms with van der Waals surface area (Å²) in [6.07, 6.45) is -2.20. The smallest absolute Gasteiger partial charge is 0.330 e. The SMILES string of the molecule is NC(=O)C[C@H](C(=O)O[C@H](CCCl)C(=O)c1ccc(Cl)cc1)N1C(=O)[C@H]2[C@H](C1=O)C1(Cl)c3ccccc3C2(Cl)c2ccccc21. The van der Waals surface area contributed by atoms with Gasteiger partial charge in [-0.15, -0.1) is 34.8 Å². The van der Waals surface area contributed by atoms with Crippen molar-refractivity contribution < 1.29 is 28.7 Å². The molecule has 0 radical (unpaired) electrons. The second-order valence-electron chi connectivity index (χ2n) is 11.0. The van der Waals surface area contributed by atoms with Crippen molar-refractivity contribution in [3.8, 4) is 0 Å². The summed E-state index contributed by atoms with van der Waals surface area (Å²) in [6, 6.07) is 18.3. The number of amides is 3. The van der Waals surface area contributed by atoms with E-state index in [2.05, 4.69) is 0 Å². The van der Waals surface area contributed by atoms with E-state index in [0.29, 0.717) is 32.2 Å². The average molecular weight is 674 g/mol. The van der Waals surface area contributed by atoms with Gasteiger partial charge in [-0.2, -0.15) is 0 Å². The number of likely N-dealkylation sites (tertiary alicyclic amines) is 1. The van der Waals surface area contributed by atoms with Gasteiger partial charge in [0, 0.05) is 22.9 Å². The quantitative estimate of drug-likeness (QED) is 0.149. The monoisotopic (exact) mass is 672 g/mol. The van der Waals surface area contributed by atoms with Crippen molar-refractivity contribution in [2.24, 2.45) is 17.6 Å². The summed E-state index contributed by atoms with van der Waals surface area (Å²) in [5.41, 5.74) is 7.99. The summed E-state index contributed by atoms with van der Waals surface area (Å²) in [5, 5.41) is 0.397. The normalized spacial score (nSPS) is 26.0. The standard InChI is InChI=1S/C32H24Cl4N2O6/c33-14-13-23(27(40)16-9-11-17(34)12-10-16)44-30(43)22(15-24(37)39)38-28(41)25-26(29(38)42)32(36)19-6-2-1-5-18(19)31(25,35)20-7-3-4-8-21(20)32/h1-12,22-23,25-26H,13-15H2,(H2,37,39)/t22-,23-,25-,26-,31?,32?/m1/s1. The van der Waals surface area contributed by atoms with Crippen LogP contribution in [-0.4, -0.2) is 52.4 Å². The molecule has 0 saturated carbocycles. The summed E-state index contributed by atoms with van der Waals surface area (Å²) in [6.45, 7) is 0. The molecule has 226 valence electrons. The Bertz CT molecular complexity index is 1610. The summed E-state index contributed by atoms with van der Waals surface area (Å²) in [5.74, 6) is -6.80. The molecule has 3 amide bonds. The summed E-state index contributed by atoms with van der Waals surface area (Å²) >= 11 is 26.8. The number of primary amides is 1. The lowest BCUT2D eigenvalue weighted by molar-refractivity contribution is -0.162. The van der Waals surface area contributed by atoms with Crippen LogP contribution < -0.4 is 5.73 Å². The van der Waals surface area contributed by atoms with Crippen molar-refractivity contribution in [3.05, 3.63) is 106 Å². The third-order valence-corrected chi connectivity index (χ3v) is 10.4. The molecular weight excluding hydrogens is 650 g/mol. The van der Waals surface area contributed by atoms with Crippen molar-refractivity contribution in [1.82, 2.24) is 4.90 Å². The molecule has 44 heavy (non-hydrogen) atoms. The number of hydrogen-bond acceptors (Lipinski definition) is 6. The number of hydrogen-bond donors (Lipinski definition) is 1. The van der Waals surface area contributed by atoms with Crippen LogP contribution in [0.3, 0.4) is 0 Å². The van der Waals surface area contributed by atoms with Crippen LogP contribution in [0.1, 0.15) is 45.5 Å². The van der Waals surface area contributed by atoms with Gasteiger partial charge in [0.05, 0.1) is 18.3 Å². The Labute approximate surface area is 272 Å². The predicted molar refractivity (Wildman–Crippen MR) is 164 cm³/mol. The number of ketones is 1. The Morgan fingerprint density at radius 1 is 0.818 bits per heavy atom. The van der Waals surface area contributed by atoms with Gasteiger partial charge in [0.2, 0.25) is 23.5 Å². The number of carbonyl (C=O) groups is 5. The Balaban J connectivity index is 1.40. The van der Waals surface area contributed by atoms with Crippen molar-refractivity contribution in [2.45, 2.75) is 34.7 Å². The fraction of sp³-hybridized carbons (Fsp3) is 0.281. The number of rotatable bonds is 9. The minimum Gasteiger partial charge on any atom is -0.452 e. The zero-order valence-electron chi connectivity index (χ0n) is 22.8. The maximum atomic E-state index is 14.3. The van der Waals surface area contributed by atoms with E-state index in [1.807, 2.05) is 0 Å². The minimum atomic E-state index is -1.78. The van der Waals surface area contributed by atoms with Crippen molar-refractivity contribution in [3.63, 3.8) is 0 Å². The molecule has 8 nitrogen and oxygen atoms in total. The van der Waals surface area contributed by atoms with Gasteiger partial charge in [-0.25, -0.2) is 4.79 Å². The second kappa shape index (κ2) is 11.2. The minimum absolute atomic E-state index is 0.0520. The van der Waals surface area contributed by atoms with Crippen molar-refractivity contribution in [2.75, 3.05) is 5.88 Å². The number of esters is 1. The van der Waals surface area contributed by atoms with Gasteiger partial charge in [0.15, 0.2) is 6.10 Å². The van der Waals surface area contributed by atoms with Gasteiger partial charge in [0.1, 0.15) is 15.8 Å². The van der Waals surface area contributed by atoms with Crippen LogP contribution in [0.15, 0.2) is 72.8 Å². The fourth-order valence-electron chi connectivity index (χ4n) is 6.83. The first kappa shape index (κ1) is 30.6. The van der Waals surface area contributed by atoms with E-state index in [1.165, 1.54) is 24.3 Å². The molecule has 3 aromatic carbocycles. The van der Waals surface area contributed by atoms with Gasteiger partial charge in [-0.3, -0.25) is 24.1 Å². The Hall–Kier alpha value is -3.43. The number of Topliss-reactive ketones (excluding diaryl/α,β-unsaturated/α-hetero) is 1. The van der Waals surface area contributed by atoms with E-state index < -0.39 is 69.6 Å². The van der Waals surface area contributed by atoms with E-state index in [1.54, 1.807) is 48.5 Å². The van der Waals surface area contributed by atoms with E-state index >= 15 is 0 Å². The number of nitrogens with zero attached hydrogens (tertiary/aromatic N) is 1. The Morgan fingerprint density at radius 3 is 1.68 bits per heavy atom. The molecular formula is C32H24Cl4N2O6. The highest BCUT2D eigenvalue weighted by Gasteiger charge is 2.74. The number of nitrogens with two attached hydrogens (primary N) is 1. The summed E-state index contributed by atoms with van der Waals surface area (Å²) in [4.78, 5) is 65.6. The molecule has 7 rings (SSSR count). The van der Waals surface area contributed by atoms with E-state index in [4.69, 9.17) is 56.9 Å². The second-order valence-corrected chi connectivity index (χ2v) is 13.0. The molecule has 12 heteroatoms. The van der Waals surface area contributed by atoms with Crippen LogP contribution in [0, 0.1) is 11.8 Å². The van der Waals surface area contributed by atoms with Crippen LogP contribution in [0.5, 0.6) is 0 Å². The zero-order chi connectivity index (χ0) is 31.6. The van der Waals surface area contributed by atoms with Gasteiger partial charge >= 0.3 is 5.97 Å². The van der Waals surface area contributed by atoms with Gasteiger partial charge in [-0.1, -0.05) is 60.1 Å². The molecule has 1 saturated heterocycles. The lowest BCUT2D eigenvalue weighted by atomic mass is 9.54. The largest absolute Gasteiger partial charge is 0.452 e. The Morgan fingerprint density at radius 2 is 1.27 bits per heavy atom. The summed E-state index contributed by atoms with van der Waals surface area (Å²) in [7, 11) is 0. The van der Waals surface area contributed by atoms with Crippen LogP contribution in [0.4, 0.5) is 0 Å². The fourth-order valence-corrected chi connectivity index (χ4v) is 8.25. The van der Waals surface area contributed by atoms with Gasteiger partial charge < -0.3 is 10.5 Å². The number of ether oxygens (including phenoxy) is 1. The topological polar surface area (TPSA) is 124 Å². The number of benzene rings is 3. The molecule has 1 heterocycles. The first-order valence-corrected chi connectivity index (χ1v) is 15.4. The molecule has 3 aromatic rings. The third kappa shape index (κ3) is 4.37. The molecule has 0 aromatic heterocycles. The van der Waals surface area contributed by atoms with Gasteiger partial charge in [0.25, 0.3) is 0 Å². The zero-order valence-corrected chi connectivity index (χ0v) is 25.9. The van der Waals surface area contributed by atoms with Gasteiger partial charge in [-0.05, 0) is 46.5 Å². The van der Waals surface area contributed by atoms with Crippen LogP contribution >= 0.6 is 46.4 Å². The first-order valence-electron chi connectivity index (χ1n) is 13.8. The van der Waals surface area contributed by atoms with E-state index in [-0.39, 0.29) is 17.9 Å². The highest BCUT2D eigenvalue weighted by Crippen LogP contribution is 2.69. The van der Waals surface area contributed by atoms with Crippen LogP contribution in [0.2, 0.25) is 5.02 Å². The molecule has 3 aliphatic carbocycles. The summed E-state index contributed by atoms with van der Waals surface area (Å²) < 4.78 is 5.58. The van der Waals surface area contributed by atoms with E-state index in [0.717, 1.165) is 0 Å². The van der Waals surface area contributed by atoms with E-state index in [9.17, 15) is 24.0 Å². The number of carbonyl (C=O) groups excluding carboxylic acids is 5. The molecule has 0 unspecified atom stereocenters. The Kier molecular flexibility index (Phi) is 7.77. The number of halogens is 4. The molecule has 1 aliphatic heterocycles. The first-order chi connectivity index (χ1) is 21.0. The number of alkyl halides is 3. The molecule has 4 atom stereocenters. The molecule has 2 bridgehead atoms.